The largest absolute Gasteiger partial charge is 0.507 e. The number of allylic oxidation sites excluding steroid dienone is 2. The number of benzene rings is 2. The molecule has 1 aromatic heterocycles. The van der Waals surface area contributed by atoms with Gasteiger partial charge in [-0.15, -0.1) is 24.5 Å². The molecular weight excluding hydrogens is 502 g/mol. The molecule has 5 nitrogen and oxygen atoms in total. The molecule has 1 amide bonds. The third kappa shape index (κ3) is 12.0. The van der Waals surface area contributed by atoms with E-state index in [0.29, 0.717) is 25.1 Å². The van der Waals surface area contributed by atoms with Crippen LogP contribution < -0.4 is 16.8 Å². The van der Waals surface area contributed by atoms with Gasteiger partial charge < -0.3 is 21.9 Å². The highest BCUT2D eigenvalue weighted by atomic mass is 32.1. The maximum atomic E-state index is 12.4. The van der Waals surface area contributed by atoms with Crippen molar-refractivity contribution in [3.05, 3.63) is 136 Å². The predicted molar refractivity (Wildman–Crippen MR) is 171 cm³/mol. The summed E-state index contributed by atoms with van der Waals surface area (Å²) in [6.45, 7) is 20.5. The smallest absolute Gasteiger partial charge is 0.250 e. The van der Waals surface area contributed by atoms with E-state index in [4.69, 9.17) is 11.5 Å². The number of hydrogen-bond donors (Lipinski definition) is 4. The molecule has 0 atom stereocenters. The van der Waals surface area contributed by atoms with Crippen LogP contribution in [0.2, 0.25) is 0 Å². The van der Waals surface area contributed by atoms with Crippen molar-refractivity contribution in [2.45, 2.75) is 54.1 Å². The van der Waals surface area contributed by atoms with Crippen molar-refractivity contribution in [2.24, 2.45) is 5.73 Å². The first-order chi connectivity index (χ1) is 18.8. The average molecular weight is 548 g/mol. The fraction of sp³-hybridized carbons (Fsp3) is 0.242. The summed E-state index contributed by atoms with van der Waals surface area (Å²) >= 11 is 1.55. The SMILES string of the molecule is C=C.C=CC(=C/Cc1sccc1N)/C(O)=C(\C)C(=O)NCc1ccccc1C.CC.Cc1ccccc1CN. The van der Waals surface area contributed by atoms with Gasteiger partial charge in [0.05, 0.1) is 5.57 Å². The maximum absolute atomic E-state index is 12.4. The fourth-order valence-corrected chi connectivity index (χ4v) is 4.04. The standard InChI is InChI=1S/C21H24N2O2S.C8H11N.C2H6.C2H4/c1-4-16(9-10-19-18(22)11-12-26-19)20(24)15(3)21(25)23-13-17-8-6-5-7-14(17)2;1-7-4-2-3-5-8(7)6-9;2*1-2/h4-9,11-12,24H,1,10,13,22H2,2-3H3,(H,23,25);2-5H,6,9H2,1H3;1-2H3;1-2H2/b16-9-,20-15-;;;. The van der Waals surface area contributed by atoms with Crippen LogP contribution >= 0.6 is 11.3 Å². The van der Waals surface area contributed by atoms with Crippen LogP contribution in [-0.4, -0.2) is 11.0 Å². The van der Waals surface area contributed by atoms with Crippen LogP contribution in [0.4, 0.5) is 5.69 Å². The number of aliphatic hydroxyl groups is 1. The van der Waals surface area contributed by atoms with E-state index >= 15 is 0 Å². The number of carbonyl (C=O) groups excluding carboxylic acids is 1. The van der Waals surface area contributed by atoms with Crippen molar-refractivity contribution in [2.75, 3.05) is 5.73 Å². The summed E-state index contributed by atoms with van der Waals surface area (Å²) in [7, 11) is 0. The average Bonchev–Trinajstić information content (AvgIpc) is 3.39. The van der Waals surface area contributed by atoms with Crippen molar-refractivity contribution in [3.8, 4) is 0 Å². The van der Waals surface area contributed by atoms with Gasteiger partial charge in [0.1, 0.15) is 5.76 Å². The van der Waals surface area contributed by atoms with Crippen molar-refractivity contribution in [3.63, 3.8) is 0 Å². The van der Waals surface area contributed by atoms with Gasteiger partial charge in [-0.1, -0.05) is 81.1 Å². The Balaban J connectivity index is 0.000000924. The second kappa shape index (κ2) is 20.1. The summed E-state index contributed by atoms with van der Waals surface area (Å²) in [5.74, 6) is -0.383. The number of nitrogen functional groups attached to an aromatic ring is 1. The summed E-state index contributed by atoms with van der Waals surface area (Å²) in [5, 5.41) is 15.2. The summed E-state index contributed by atoms with van der Waals surface area (Å²) in [6.07, 6.45) is 3.94. The minimum absolute atomic E-state index is 0.0718. The minimum Gasteiger partial charge on any atom is -0.507 e. The molecule has 0 aliphatic rings. The monoisotopic (exact) mass is 547 g/mol. The molecule has 3 aromatic rings. The quantitative estimate of drug-likeness (QED) is 0.100. The van der Waals surface area contributed by atoms with Crippen molar-refractivity contribution < 1.29 is 9.90 Å². The highest BCUT2D eigenvalue weighted by Crippen LogP contribution is 2.22. The second-order valence-corrected chi connectivity index (χ2v) is 9.08. The molecule has 0 aliphatic carbocycles. The zero-order chi connectivity index (χ0) is 29.8. The zero-order valence-corrected chi connectivity index (χ0v) is 24.9. The normalized spacial score (nSPS) is 10.8. The number of aliphatic hydroxyl groups excluding tert-OH is 1. The lowest BCUT2D eigenvalue weighted by molar-refractivity contribution is -0.117. The predicted octanol–water partition coefficient (Wildman–Crippen LogP) is 7.72. The third-order valence-electron chi connectivity index (χ3n) is 5.66. The number of carbonyl (C=O) groups is 1. The Bertz CT molecular complexity index is 1220. The topological polar surface area (TPSA) is 101 Å². The summed E-state index contributed by atoms with van der Waals surface area (Å²) in [5.41, 5.74) is 17.5. The van der Waals surface area contributed by atoms with E-state index in [1.165, 1.54) is 17.2 Å². The molecule has 0 unspecified atom stereocenters. The van der Waals surface area contributed by atoms with Gasteiger partial charge in [0.25, 0.3) is 5.91 Å². The van der Waals surface area contributed by atoms with Crippen LogP contribution in [0.1, 0.15) is 47.9 Å². The third-order valence-corrected chi connectivity index (χ3v) is 6.62. The lowest BCUT2D eigenvalue weighted by atomic mass is 10.1. The Hall–Kier alpha value is -3.87. The lowest BCUT2D eigenvalue weighted by Gasteiger charge is -2.10. The van der Waals surface area contributed by atoms with Crippen molar-refractivity contribution in [1.82, 2.24) is 5.32 Å². The summed E-state index contributed by atoms with van der Waals surface area (Å²) < 4.78 is 0. The molecule has 0 bridgehead atoms. The molecule has 6 heteroatoms. The summed E-state index contributed by atoms with van der Waals surface area (Å²) in [4.78, 5) is 13.4. The molecule has 3 rings (SSSR count). The van der Waals surface area contributed by atoms with E-state index in [-0.39, 0.29) is 17.2 Å². The van der Waals surface area contributed by atoms with Crippen LogP contribution in [0.25, 0.3) is 0 Å². The van der Waals surface area contributed by atoms with Crippen LogP contribution in [-0.2, 0) is 24.3 Å². The van der Waals surface area contributed by atoms with Gasteiger partial charge in [0.2, 0.25) is 0 Å². The number of nitrogens with one attached hydrogen (secondary N) is 1. The van der Waals surface area contributed by atoms with E-state index in [0.717, 1.165) is 21.7 Å². The van der Waals surface area contributed by atoms with Crippen LogP contribution in [0.5, 0.6) is 0 Å². The molecular formula is C33H45N3O2S. The Kier molecular flexibility index (Phi) is 18.1. The van der Waals surface area contributed by atoms with E-state index in [9.17, 15) is 9.90 Å². The van der Waals surface area contributed by atoms with Gasteiger partial charge in [0.15, 0.2) is 0 Å². The molecule has 0 radical (unpaired) electrons. The van der Waals surface area contributed by atoms with Crippen LogP contribution in [0.15, 0.2) is 109 Å². The Morgan fingerprint density at radius 2 is 1.54 bits per heavy atom. The van der Waals surface area contributed by atoms with Crippen LogP contribution in [0.3, 0.4) is 0 Å². The Morgan fingerprint density at radius 3 is 1.97 bits per heavy atom. The molecule has 0 saturated heterocycles. The molecule has 2 aromatic carbocycles. The first-order valence-corrected chi connectivity index (χ1v) is 13.8. The summed E-state index contributed by atoms with van der Waals surface area (Å²) in [6, 6.07) is 17.9. The van der Waals surface area contributed by atoms with Crippen LogP contribution in [0, 0.1) is 13.8 Å². The van der Waals surface area contributed by atoms with E-state index in [1.807, 2.05) is 74.7 Å². The van der Waals surface area contributed by atoms with Gasteiger partial charge in [-0.3, -0.25) is 4.79 Å². The number of rotatable bonds is 8. The number of nitrogens with two attached hydrogens (primary N) is 2. The first-order valence-electron chi connectivity index (χ1n) is 12.9. The number of thiophene rings is 1. The fourth-order valence-electron chi connectivity index (χ4n) is 3.28. The van der Waals surface area contributed by atoms with Crippen molar-refractivity contribution >= 4 is 22.9 Å². The van der Waals surface area contributed by atoms with E-state index in [1.54, 1.807) is 18.3 Å². The molecule has 0 saturated carbocycles. The van der Waals surface area contributed by atoms with E-state index < -0.39 is 0 Å². The minimum atomic E-state index is -0.311. The van der Waals surface area contributed by atoms with E-state index in [2.05, 4.69) is 44.1 Å². The van der Waals surface area contributed by atoms with Gasteiger partial charge in [0, 0.05) is 35.6 Å². The number of hydrogen-bond acceptors (Lipinski definition) is 5. The molecule has 0 aliphatic heterocycles. The molecule has 0 spiro atoms. The zero-order valence-electron chi connectivity index (χ0n) is 24.1. The van der Waals surface area contributed by atoms with Gasteiger partial charge in [-0.05, 0) is 54.5 Å². The Morgan fingerprint density at radius 1 is 1.00 bits per heavy atom. The molecule has 210 valence electrons. The van der Waals surface area contributed by atoms with Gasteiger partial charge in [-0.2, -0.15) is 0 Å². The molecule has 1 heterocycles. The molecule has 39 heavy (non-hydrogen) atoms. The molecule has 6 N–H and O–H groups in total. The highest BCUT2D eigenvalue weighted by molar-refractivity contribution is 7.10. The second-order valence-electron chi connectivity index (χ2n) is 8.08. The molecule has 0 fully saturated rings. The van der Waals surface area contributed by atoms with Gasteiger partial charge in [-0.25, -0.2) is 0 Å². The maximum Gasteiger partial charge on any atom is 0.250 e. The number of aryl methyl sites for hydroxylation is 2. The Labute approximate surface area is 239 Å². The van der Waals surface area contributed by atoms with Crippen molar-refractivity contribution in [1.29, 1.82) is 0 Å². The van der Waals surface area contributed by atoms with Gasteiger partial charge >= 0.3 is 0 Å². The number of amides is 1. The highest BCUT2D eigenvalue weighted by Gasteiger charge is 2.13. The first kappa shape index (κ1) is 35.1. The lowest BCUT2D eigenvalue weighted by Crippen LogP contribution is -2.25. The number of anilines is 1.